The second kappa shape index (κ2) is 8.59. The molecule has 5 rings (SSSR count). The molecule has 0 aliphatic carbocycles. The minimum Gasteiger partial charge on any atom is -0.480 e. The molecule has 190 valence electrons. The predicted molar refractivity (Wildman–Crippen MR) is 125 cm³/mol. The summed E-state index contributed by atoms with van der Waals surface area (Å²) in [5.41, 5.74) is -0.750. The lowest BCUT2D eigenvalue weighted by Crippen LogP contribution is -2.64. The summed E-state index contributed by atoms with van der Waals surface area (Å²) >= 11 is 1.22. The Kier molecular flexibility index (Phi) is 5.79. The van der Waals surface area contributed by atoms with Gasteiger partial charge in [0.1, 0.15) is 12.1 Å². The number of thiazole rings is 1. The van der Waals surface area contributed by atoms with Crippen LogP contribution in [0.25, 0.3) is 11.3 Å². The molecule has 4 heterocycles. The highest BCUT2D eigenvalue weighted by Gasteiger charge is 2.53. The average molecular weight is 522 g/mol. The van der Waals surface area contributed by atoms with Crippen LogP contribution in [0, 0.1) is 0 Å². The van der Waals surface area contributed by atoms with Crippen molar-refractivity contribution in [2.75, 3.05) is 32.6 Å². The fraction of sp³-hybridized carbons (Fsp3) is 0.391. The van der Waals surface area contributed by atoms with E-state index in [9.17, 15) is 18.0 Å². The molecule has 1 amide bonds. The lowest BCUT2D eigenvalue weighted by Gasteiger charge is -2.52. The number of rotatable bonds is 5. The maximum Gasteiger partial charge on any atom is 0.416 e. The van der Waals surface area contributed by atoms with E-state index in [0.717, 1.165) is 17.0 Å². The van der Waals surface area contributed by atoms with Crippen LogP contribution >= 0.6 is 11.3 Å². The topological polar surface area (TPSA) is 98.7 Å². The molecular formula is C23H22F3N5O4S. The number of carbonyl (C=O) groups excluding carboxylic acids is 1. The second-order valence-electron chi connectivity index (χ2n) is 8.72. The van der Waals surface area contributed by atoms with Crippen LogP contribution < -0.4 is 19.5 Å². The van der Waals surface area contributed by atoms with Crippen molar-refractivity contribution in [3.8, 4) is 28.8 Å². The Morgan fingerprint density at radius 2 is 1.86 bits per heavy atom. The fourth-order valence-electron chi connectivity index (χ4n) is 4.30. The van der Waals surface area contributed by atoms with Gasteiger partial charge in [0.25, 0.3) is 5.91 Å². The van der Waals surface area contributed by atoms with E-state index in [0.29, 0.717) is 24.3 Å². The minimum absolute atomic E-state index is 0.00789. The SMILES string of the molecule is COc1ncnc(OC)c1C(=O)Nc1nc2c(s1)C1(CN(C(C)C)C1)Oc1cc(C(F)(F)F)ccc1-2. The predicted octanol–water partition coefficient (Wildman–Crippen LogP) is 4.20. The molecule has 0 saturated carbocycles. The van der Waals surface area contributed by atoms with E-state index in [2.05, 4.69) is 25.2 Å². The van der Waals surface area contributed by atoms with E-state index < -0.39 is 23.2 Å². The Hall–Kier alpha value is -3.45. The first-order chi connectivity index (χ1) is 17.1. The summed E-state index contributed by atoms with van der Waals surface area (Å²) in [6, 6.07) is 3.59. The molecule has 0 unspecified atom stereocenters. The van der Waals surface area contributed by atoms with E-state index in [1.165, 1.54) is 38.0 Å². The highest BCUT2D eigenvalue weighted by Crippen LogP contribution is 2.53. The molecule has 1 saturated heterocycles. The molecule has 1 spiro atoms. The smallest absolute Gasteiger partial charge is 0.416 e. The van der Waals surface area contributed by atoms with Gasteiger partial charge in [0.2, 0.25) is 11.8 Å². The quantitative estimate of drug-likeness (QED) is 0.534. The van der Waals surface area contributed by atoms with E-state index in [4.69, 9.17) is 14.2 Å². The van der Waals surface area contributed by atoms with Gasteiger partial charge in [0.15, 0.2) is 16.3 Å². The molecule has 36 heavy (non-hydrogen) atoms. The van der Waals surface area contributed by atoms with Crippen molar-refractivity contribution in [3.63, 3.8) is 0 Å². The number of methoxy groups -OCH3 is 2. The Balaban J connectivity index is 1.55. The highest BCUT2D eigenvalue weighted by atomic mass is 32.1. The van der Waals surface area contributed by atoms with Crippen LogP contribution in [0.1, 0.15) is 34.6 Å². The summed E-state index contributed by atoms with van der Waals surface area (Å²) in [6.07, 6.45) is -3.30. The van der Waals surface area contributed by atoms with Crippen molar-refractivity contribution < 1.29 is 32.2 Å². The number of alkyl halides is 3. The van der Waals surface area contributed by atoms with Gasteiger partial charge in [-0.15, -0.1) is 0 Å². The molecule has 1 N–H and O–H groups in total. The molecule has 1 aromatic carbocycles. The van der Waals surface area contributed by atoms with Gasteiger partial charge in [-0.25, -0.2) is 15.0 Å². The molecule has 0 atom stereocenters. The molecule has 3 aromatic rings. The summed E-state index contributed by atoms with van der Waals surface area (Å²) < 4.78 is 56.8. The maximum atomic E-state index is 13.4. The summed E-state index contributed by atoms with van der Waals surface area (Å²) in [4.78, 5) is 28.5. The zero-order valence-corrected chi connectivity index (χ0v) is 20.6. The number of likely N-dealkylation sites (tertiary alicyclic amines) is 1. The van der Waals surface area contributed by atoms with Crippen molar-refractivity contribution >= 4 is 22.4 Å². The third-order valence-corrected chi connectivity index (χ3v) is 7.33. The molecule has 9 nitrogen and oxygen atoms in total. The Labute approximate surface area is 208 Å². The van der Waals surface area contributed by atoms with Crippen LogP contribution in [0.4, 0.5) is 18.3 Å². The third-order valence-electron chi connectivity index (χ3n) is 6.17. The zero-order chi connectivity index (χ0) is 25.8. The number of anilines is 1. The van der Waals surface area contributed by atoms with Crippen molar-refractivity contribution in [2.24, 2.45) is 0 Å². The normalized spacial score (nSPS) is 16.1. The van der Waals surface area contributed by atoms with Crippen LogP contribution in [-0.4, -0.2) is 59.1 Å². The first kappa shape index (κ1) is 24.3. The van der Waals surface area contributed by atoms with Crippen molar-refractivity contribution in [1.29, 1.82) is 0 Å². The summed E-state index contributed by atoms with van der Waals surface area (Å²) in [6.45, 7) is 5.04. The van der Waals surface area contributed by atoms with Crippen LogP contribution in [0.2, 0.25) is 0 Å². The number of ether oxygens (including phenoxy) is 3. The van der Waals surface area contributed by atoms with Crippen LogP contribution in [0.3, 0.4) is 0 Å². The number of halogens is 3. The maximum absolute atomic E-state index is 13.4. The second-order valence-corrected chi connectivity index (χ2v) is 9.72. The Morgan fingerprint density at radius 1 is 1.19 bits per heavy atom. The average Bonchev–Trinajstić information content (AvgIpc) is 3.24. The largest absolute Gasteiger partial charge is 0.480 e. The van der Waals surface area contributed by atoms with Gasteiger partial charge in [-0.3, -0.25) is 15.0 Å². The van der Waals surface area contributed by atoms with Gasteiger partial charge < -0.3 is 14.2 Å². The van der Waals surface area contributed by atoms with Gasteiger partial charge in [0, 0.05) is 24.7 Å². The van der Waals surface area contributed by atoms with E-state index in [-0.39, 0.29) is 34.2 Å². The van der Waals surface area contributed by atoms with Crippen LogP contribution in [0.15, 0.2) is 24.5 Å². The lowest BCUT2D eigenvalue weighted by atomic mass is 9.85. The number of fused-ring (bicyclic) bond motifs is 4. The van der Waals surface area contributed by atoms with Crippen molar-refractivity contribution in [2.45, 2.75) is 31.7 Å². The fourth-order valence-corrected chi connectivity index (χ4v) is 5.38. The van der Waals surface area contributed by atoms with E-state index in [1.807, 2.05) is 13.8 Å². The van der Waals surface area contributed by atoms with E-state index in [1.54, 1.807) is 0 Å². The van der Waals surface area contributed by atoms with Crippen molar-refractivity contribution in [3.05, 3.63) is 40.5 Å². The van der Waals surface area contributed by atoms with Crippen LogP contribution in [-0.2, 0) is 11.8 Å². The summed E-state index contributed by atoms with van der Waals surface area (Å²) in [5, 5.41) is 2.98. The Morgan fingerprint density at radius 3 is 2.44 bits per heavy atom. The number of benzene rings is 1. The number of amides is 1. The molecule has 13 heteroatoms. The van der Waals surface area contributed by atoms with Gasteiger partial charge in [-0.2, -0.15) is 13.2 Å². The zero-order valence-electron chi connectivity index (χ0n) is 19.8. The first-order valence-electron chi connectivity index (χ1n) is 11.0. The number of nitrogens with one attached hydrogen (secondary N) is 1. The van der Waals surface area contributed by atoms with Crippen molar-refractivity contribution in [1.82, 2.24) is 19.9 Å². The standard InChI is InChI=1S/C23H22F3N5O4S/c1-11(2)31-8-22(9-31)17-16(13-6-5-12(23(24,25)26)7-14(13)35-22)29-21(36-17)30-18(32)15-19(33-3)27-10-28-20(15)34-4/h5-7,10-11H,8-9H2,1-4H3,(H,29,30,32). The number of hydrogen-bond acceptors (Lipinski definition) is 9. The molecule has 2 aromatic heterocycles. The molecular weight excluding hydrogens is 499 g/mol. The first-order valence-corrected chi connectivity index (χ1v) is 11.8. The molecule has 1 fully saturated rings. The monoisotopic (exact) mass is 521 g/mol. The lowest BCUT2D eigenvalue weighted by molar-refractivity contribution is -0.138. The minimum atomic E-state index is -4.51. The molecule has 2 aliphatic heterocycles. The third kappa shape index (κ3) is 3.91. The molecule has 2 aliphatic rings. The van der Waals surface area contributed by atoms with E-state index >= 15 is 0 Å². The molecule has 0 radical (unpaired) electrons. The number of aromatic nitrogens is 3. The van der Waals surface area contributed by atoms with Gasteiger partial charge in [-0.1, -0.05) is 11.3 Å². The van der Waals surface area contributed by atoms with Gasteiger partial charge >= 0.3 is 6.18 Å². The summed E-state index contributed by atoms with van der Waals surface area (Å²) in [7, 11) is 2.73. The van der Waals surface area contributed by atoms with Crippen LogP contribution in [0.5, 0.6) is 17.5 Å². The molecule has 0 bridgehead atoms. The Bertz CT molecular complexity index is 1320. The number of nitrogens with zero attached hydrogens (tertiary/aromatic N) is 4. The van der Waals surface area contributed by atoms with Gasteiger partial charge in [0.05, 0.1) is 30.4 Å². The summed E-state index contributed by atoms with van der Waals surface area (Å²) in [5.74, 6) is -0.437. The van der Waals surface area contributed by atoms with Gasteiger partial charge in [-0.05, 0) is 32.0 Å². The number of hydrogen-bond donors (Lipinski definition) is 1. The highest BCUT2D eigenvalue weighted by molar-refractivity contribution is 7.16. The number of carbonyl (C=O) groups is 1.